The van der Waals surface area contributed by atoms with E-state index < -0.39 is 5.91 Å². The minimum Gasteiger partial charge on any atom is -0.486 e. The molecule has 0 saturated heterocycles. The van der Waals surface area contributed by atoms with Gasteiger partial charge in [-0.05, 0) is 41.6 Å². The number of aliphatic imine (C=N–C) groups is 1. The number of rotatable bonds is 4. The summed E-state index contributed by atoms with van der Waals surface area (Å²) in [6.07, 6.45) is 1.56. The van der Waals surface area contributed by atoms with Crippen LogP contribution in [0.5, 0.6) is 5.75 Å². The van der Waals surface area contributed by atoms with Gasteiger partial charge in [0.25, 0.3) is 5.91 Å². The van der Waals surface area contributed by atoms with E-state index in [1.54, 1.807) is 36.4 Å². The fourth-order valence-corrected chi connectivity index (χ4v) is 3.80. The van der Waals surface area contributed by atoms with Crippen LogP contribution in [0.3, 0.4) is 0 Å². The molecule has 2 aromatic rings. The Hall–Kier alpha value is -2.35. The quantitative estimate of drug-likeness (QED) is 0.694. The molecule has 0 radical (unpaired) electrons. The first-order chi connectivity index (χ1) is 13.3. The lowest BCUT2D eigenvalue weighted by Gasteiger charge is -2.11. The second kappa shape index (κ2) is 8.77. The molecule has 0 aromatic heterocycles. The molecule has 1 N–H and O–H groups in total. The van der Waals surface area contributed by atoms with Gasteiger partial charge in [-0.2, -0.15) is 4.99 Å². The monoisotopic (exact) mass is 438 g/mol. The third-order valence-electron chi connectivity index (χ3n) is 3.55. The van der Waals surface area contributed by atoms with Gasteiger partial charge >= 0.3 is 0 Å². The van der Waals surface area contributed by atoms with Crippen molar-refractivity contribution in [1.29, 1.82) is 0 Å². The Morgan fingerprint density at radius 3 is 2.61 bits per heavy atom. The molecule has 1 heterocycles. The van der Waals surface area contributed by atoms with Gasteiger partial charge in [0.2, 0.25) is 5.91 Å². The number of hydrogen-bond donors (Lipinski definition) is 1. The number of ether oxygens (including phenoxy) is 1. The zero-order chi connectivity index (χ0) is 20.3. The van der Waals surface area contributed by atoms with Crippen LogP contribution in [-0.4, -0.2) is 17.0 Å². The van der Waals surface area contributed by atoms with Gasteiger partial charge in [-0.15, -0.1) is 0 Å². The maximum Gasteiger partial charge on any atom is 0.286 e. The van der Waals surface area contributed by atoms with Crippen LogP contribution in [0.15, 0.2) is 46.3 Å². The van der Waals surface area contributed by atoms with Crippen LogP contribution in [0.1, 0.15) is 18.1 Å². The van der Waals surface area contributed by atoms with E-state index >= 15 is 0 Å². The molecule has 0 atom stereocenters. The molecule has 1 aliphatic heterocycles. The van der Waals surface area contributed by atoms with Gasteiger partial charge in [0.1, 0.15) is 12.4 Å². The molecule has 5 nitrogen and oxygen atoms in total. The van der Waals surface area contributed by atoms with E-state index in [2.05, 4.69) is 10.3 Å². The van der Waals surface area contributed by atoms with Crippen LogP contribution in [0, 0.1) is 5.82 Å². The third-order valence-corrected chi connectivity index (χ3v) is 5.01. The number of amides is 2. The summed E-state index contributed by atoms with van der Waals surface area (Å²) in [7, 11) is 0. The molecule has 1 aliphatic rings. The van der Waals surface area contributed by atoms with Gasteiger partial charge in [-0.3, -0.25) is 9.59 Å². The lowest BCUT2D eigenvalue weighted by atomic mass is 10.2. The van der Waals surface area contributed by atoms with Crippen LogP contribution >= 0.6 is 35.0 Å². The number of nitrogens with one attached hydrogen (secondary N) is 1. The highest BCUT2D eigenvalue weighted by Gasteiger charge is 2.23. The fourth-order valence-electron chi connectivity index (χ4n) is 2.33. The van der Waals surface area contributed by atoms with Crippen LogP contribution in [0.2, 0.25) is 10.0 Å². The zero-order valence-corrected chi connectivity index (χ0v) is 16.8. The number of carbonyl (C=O) groups excluding carboxylic acids is 2. The second-order valence-electron chi connectivity index (χ2n) is 5.71. The summed E-state index contributed by atoms with van der Waals surface area (Å²) in [5, 5.41) is 3.11. The van der Waals surface area contributed by atoms with Crippen molar-refractivity contribution >= 4 is 58.0 Å². The number of benzene rings is 2. The van der Waals surface area contributed by atoms with E-state index in [-0.39, 0.29) is 39.3 Å². The largest absolute Gasteiger partial charge is 0.486 e. The number of nitrogens with zero attached hydrogens (tertiary/aromatic N) is 1. The molecular weight excluding hydrogens is 426 g/mol. The van der Waals surface area contributed by atoms with Crippen molar-refractivity contribution in [3.05, 3.63) is 68.3 Å². The van der Waals surface area contributed by atoms with E-state index in [9.17, 15) is 14.0 Å². The Balaban J connectivity index is 1.76. The third kappa shape index (κ3) is 4.92. The molecule has 0 aliphatic carbocycles. The molecule has 0 unspecified atom stereocenters. The summed E-state index contributed by atoms with van der Waals surface area (Å²) < 4.78 is 19.3. The Morgan fingerprint density at radius 1 is 1.29 bits per heavy atom. The average Bonchev–Trinajstić information content (AvgIpc) is 2.94. The van der Waals surface area contributed by atoms with Crippen molar-refractivity contribution in [2.75, 3.05) is 0 Å². The highest BCUT2D eigenvalue weighted by molar-refractivity contribution is 8.18. The summed E-state index contributed by atoms with van der Waals surface area (Å²) in [6.45, 7) is 1.30. The molecule has 28 heavy (non-hydrogen) atoms. The predicted molar refractivity (Wildman–Crippen MR) is 109 cm³/mol. The highest BCUT2D eigenvalue weighted by atomic mass is 35.5. The van der Waals surface area contributed by atoms with Crippen molar-refractivity contribution in [1.82, 2.24) is 5.32 Å². The van der Waals surface area contributed by atoms with Crippen LogP contribution in [-0.2, 0) is 16.2 Å². The summed E-state index contributed by atoms with van der Waals surface area (Å²) >= 11 is 13.5. The minimum atomic E-state index is -0.471. The van der Waals surface area contributed by atoms with Gasteiger partial charge in [-0.25, -0.2) is 4.39 Å². The molecular formula is C19H13Cl2FN2O3S. The van der Waals surface area contributed by atoms with Gasteiger partial charge in [0.05, 0.1) is 15.0 Å². The number of hydrogen-bond acceptors (Lipinski definition) is 4. The molecule has 0 spiro atoms. The van der Waals surface area contributed by atoms with Crippen LogP contribution in [0.25, 0.3) is 6.08 Å². The molecule has 9 heteroatoms. The van der Waals surface area contributed by atoms with Crippen LogP contribution < -0.4 is 10.1 Å². The minimum absolute atomic E-state index is 0.0329. The molecule has 0 bridgehead atoms. The van der Waals surface area contributed by atoms with E-state index in [0.717, 1.165) is 11.8 Å². The van der Waals surface area contributed by atoms with Crippen LogP contribution in [0.4, 0.5) is 4.39 Å². The van der Waals surface area contributed by atoms with Gasteiger partial charge in [-0.1, -0.05) is 41.4 Å². The first-order valence-corrected chi connectivity index (χ1v) is 9.56. The molecule has 3 rings (SSSR count). The van der Waals surface area contributed by atoms with Crippen molar-refractivity contribution < 1.29 is 18.7 Å². The lowest BCUT2D eigenvalue weighted by molar-refractivity contribution is -0.117. The van der Waals surface area contributed by atoms with Crippen molar-refractivity contribution in [3.63, 3.8) is 0 Å². The zero-order valence-electron chi connectivity index (χ0n) is 14.5. The topological polar surface area (TPSA) is 67.8 Å². The average molecular weight is 439 g/mol. The Morgan fingerprint density at radius 2 is 1.96 bits per heavy atom. The highest BCUT2D eigenvalue weighted by Crippen LogP contribution is 2.36. The number of carbonyl (C=O) groups is 2. The van der Waals surface area contributed by atoms with Crippen molar-refractivity contribution in [2.24, 2.45) is 4.99 Å². The molecule has 0 saturated carbocycles. The lowest BCUT2D eigenvalue weighted by Crippen LogP contribution is -2.23. The summed E-state index contributed by atoms with van der Waals surface area (Å²) in [4.78, 5) is 27.1. The van der Waals surface area contributed by atoms with Crippen molar-refractivity contribution in [3.8, 4) is 5.75 Å². The maximum atomic E-state index is 13.7. The molecule has 2 aromatic carbocycles. The SMILES string of the molecule is CC(=O)NC1=NC(=O)/C(=C\c2cc(Cl)c(OCc3ccccc3F)c(Cl)c2)S1. The van der Waals surface area contributed by atoms with Gasteiger partial charge in [0.15, 0.2) is 10.9 Å². The summed E-state index contributed by atoms with van der Waals surface area (Å²) in [6, 6.07) is 9.37. The van der Waals surface area contributed by atoms with Crippen molar-refractivity contribution in [2.45, 2.75) is 13.5 Å². The van der Waals surface area contributed by atoms with E-state index in [4.69, 9.17) is 27.9 Å². The Kier molecular flexibility index (Phi) is 6.39. The molecule has 144 valence electrons. The second-order valence-corrected chi connectivity index (χ2v) is 7.55. The first kappa shape index (κ1) is 20.4. The first-order valence-electron chi connectivity index (χ1n) is 7.99. The number of thioether (sulfide) groups is 1. The van der Waals surface area contributed by atoms with Gasteiger partial charge in [0, 0.05) is 12.5 Å². The fraction of sp³-hybridized carbons (Fsp3) is 0.105. The summed E-state index contributed by atoms with van der Waals surface area (Å²) in [5.74, 6) is -0.958. The standard InChI is InChI=1S/C19H13Cl2FN2O3S/c1-10(25)23-19-24-18(26)16(28-19)8-11-6-13(20)17(14(21)7-11)27-9-12-4-2-3-5-15(12)22/h2-8H,9H2,1H3,(H,23,24,25,26)/b16-8+. The van der Waals surface area contributed by atoms with Gasteiger partial charge < -0.3 is 10.1 Å². The maximum absolute atomic E-state index is 13.7. The molecule has 0 fully saturated rings. The van der Waals surface area contributed by atoms with E-state index in [0.29, 0.717) is 16.0 Å². The normalized spacial score (nSPS) is 14.9. The Labute approximate surface area is 174 Å². The molecule has 2 amide bonds. The summed E-state index contributed by atoms with van der Waals surface area (Å²) in [5.41, 5.74) is 0.930. The number of amidine groups is 1. The van der Waals surface area contributed by atoms with E-state index in [1.807, 2.05) is 0 Å². The Bertz CT molecular complexity index is 1000. The smallest absolute Gasteiger partial charge is 0.286 e. The number of halogens is 3. The van der Waals surface area contributed by atoms with E-state index in [1.165, 1.54) is 13.0 Å². The predicted octanol–water partition coefficient (Wildman–Crippen LogP) is 4.82.